The second kappa shape index (κ2) is 8.25. The van der Waals surface area contributed by atoms with E-state index >= 15 is 0 Å². The minimum atomic E-state index is -4.11. The summed E-state index contributed by atoms with van der Waals surface area (Å²) in [7, 11) is -4.11. The van der Waals surface area contributed by atoms with Crippen LogP contribution in [0.5, 0.6) is 5.75 Å². The van der Waals surface area contributed by atoms with Crippen LogP contribution in [-0.2, 0) is 14.4 Å². The maximum absolute atomic E-state index is 12.0. The number of benzene rings is 2. The topological polar surface area (TPSA) is 170 Å². The standard InChI is InChI=1S/C15H15N5O6S/c1-10-2-5-13(6-3-10)27(24,25)26-19-15(16)18-17-9-11-8-12(20(22)23)4-7-14(11)21/h2-9,21H,1H3,(H3,16,18,19). The SMILES string of the molecule is Cc1ccc(S(=O)(=O)ONC(N)=NN=Cc2cc([N+](=O)[O-])ccc2O)cc1. The van der Waals surface area contributed by atoms with Crippen molar-refractivity contribution in [2.24, 2.45) is 15.9 Å². The first kappa shape index (κ1) is 19.8. The molecule has 2 rings (SSSR count). The van der Waals surface area contributed by atoms with E-state index in [4.69, 9.17) is 5.73 Å². The average molecular weight is 393 g/mol. The van der Waals surface area contributed by atoms with Crippen LogP contribution in [-0.4, -0.2) is 30.6 Å². The molecule has 0 unspecified atom stereocenters. The number of rotatable bonds is 6. The number of nitro benzene ring substituents is 1. The van der Waals surface area contributed by atoms with Crippen molar-refractivity contribution in [2.75, 3.05) is 0 Å². The van der Waals surface area contributed by atoms with Gasteiger partial charge in [0.2, 0.25) is 5.96 Å². The Labute approximate surface area is 154 Å². The van der Waals surface area contributed by atoms with E-state index in [9.17, 15) is 23.6 Å². The van der Waals surface area contributed by atoms with Gasteiger partial charge in [-0.05, 0) is 25.1 Å². The van der Waals surface area contributed by atoms with Crippen molar-refractivity contribution in [3.63, 3.8) is 0 Å². The summed E-state index contributed by atoms with van der Waals surface area (Å²) in [6, 6.07) is 9.26. The summed E-state index contributed by atoms with van der Waals surface area (Å²) < 4.78 is 28.5. The highest BCUT2D eigenvalue weighted by Gasteiger charge is 2.15. The second-order valence-corrected chi connectivity index (χ2v) is 6.73. The summed E-state index contributed by atoms with van der Waals surface area (Å²) >= 11 is 0. The quantitative estimate of drug-likeness (QED) is 0.284. The Balaban J connectivity index is 2.04. The number of nitro groups is 1. The van der Waals surface area contributed by atoms with E-state index in [0.717, 1.165) is 30.0 Å². The highest BCUT2D eigenvalue weighted by atomic mass is 32.2. The number of guanidine groups is 1. The Kier molecular flexibility index (Phi) is 6.05. The molecule has 0 bridgehead atoms. The molecule has 0 heterocycles. The first-order valence-corrected chi connectivity index (χ1v) is 8.70. The lowest BCUT2D eigenvalue weighted by atomic mass is 10.2. The summed E-state index contributed by atoms with van der Waals surface area (Å²) in [5, 5.41) is 27.3. The number of hydrogen-bond acceptors (Lipinski definition) is 8. The molecule has 0 aliphatic rings. The maximum Gasteiger partial charge on any atom is 0.317 e. The lowest BCUT2D eigenvalue weighted by molar-refractivity contribution is -0.384. The Morgan fingerprint density at radius 3 is 2.59 bits per heavy atom. The number of aromatic hydroxyl groups is 1. The number of non-ortho nitro benzene ring substituents is 1. The maximum atomic E-state index is 12.0. The molecular weight excluding hydrogens is 378 g/mol. The Bertz CT molecular complexity index is 1000. The molecule has 27 heavy (non-hydrogen) atoms. The normalized spacial score (nSPS) is 12.3. The van der Waals surface area contributed by atoms with E-state index in [1.54, 1.807) is 19.1 Å². The van der Waals surface area contributed by atoms with E-state index in [1.807, 2.05) is 5.48 Å². The van der Waals surface area contributed by atoms with Gasteiger partial charge in [-0.15, -0.1) is 9.39 Å². The summed E-state index contributed by atoms with van der Waals surface area (Å²) in [5.74, 6) is -0.754. The molecule has 142 valence electrons. The van der Waals surface area contributed by atoms with Crippen molar-refractivity contribution >= 4 is 28.0 Å². The molecule has 0 aliphatic carbocycles. The Morgan fingerprint density at radius 2 is 1.96 bits per heavy atom. The minimum absolute atomic E-state index is 0.0222. The third-order valence-electron chi connectivity index (χ3n) is 3.15. The molecule has 0 saturated carbocycles. The van der Waals surface area contributed by atoms with Gasteiger partial charge >= 0.3 is 10.1 Å². The number of phenolic OH excluding ortho intramolecular Hbond substituents is 1. The molecule has 0 fully saturated rings. The first-order chi connectivity index (χ1) is 12.7. The first-order valence-electron chi connectivity index (χ1n) is 7.29. The van der Waals surface area contributed by atoms with Crippen molar-refractivity contribution < 1.29 is 22.7 Å². The molecule has 11 nitrogen and oxygen atoms in total. The van der Waals surface area contributed by atoms with Gasteiger partial charge in [0.1, 0.15) is 5.75 Å². The minimum Gasteiger partial charge on any atom is -0.507 e. The van der Waals surface area contributed by atoms with Gasteiger partial charge in [0.25, 0.3) is 5.69 Å². The fraction of sp³-hybridized carbons (Fsp3) is 0.0667. The molecule has 0 aromatic heterocycles. The van der Waals surface area contributed by atoms with Gasteiger partial charge < -0.3 is 10.8 Å². The van der Waals surface area contributed by atoms with Crippen LogP contribution < -0.4 is 11.2 Å². The van der Waals surface area contributed by atoms with Gasteiger partial charge in [-0.25, -0.2) is 5.48 Å². The van der Waals surface area contributed by atoms with Crippen molar-refractivity contribution in [1.29, 1.82) is 0 Å². The Hall–Kier alpha value is -3.51. The number of nitrogens with zero attached hydrogens (tertiary/aromatic N) is 3. The molecular formula is C15H15N5O6S. The summed E-state index contributed by atoms with van der Waals surface area (Å²) in [4.78, 5) is 9.99. The van der Waals surface area contributed by atoms with E-state index in [2.05, 4.69) is 14.5 Å². The summed E-state index contributed by atoms with van der Waals surface area (Å²) in [6.45, 7) is 1.80. The van der Waals surface area contributed by atoms with Gasteiger partial charge in [0.05, 0.1) is 16.0 Å². The van der Waals surface area contributed by atoms with E-state index in [1.165, 1.54) is 12.1 Å². The highest BCUT2D eigenvalue weighted by molar-refractivity contribution is 7.86. The molecule has 2 aromatic rings. The summed E-state index contributed by atoms with van der Waals surface area (Å²) in [6.07, 6.45) is 1.01. The van der Waals surface area contributed by atoms with E-state index in [-0.39, 0.29) is 21.9 Å². The van der Waals surface area contributed by atoms with Crippen molar-refractivity contribution in [3.8, 4) is 5.75 Å². The smallest absolute Gasteiger partial charge is 0.317 e. The van der Waals surface area contributed by atoms with Crippen LogP contribution in [0.15, 0.2) is 57.6 Å². The lowest BCUT2D eigenvalue weighted by Gasteiger charge is -2.06. The second-order valence-electron chi connectivity index (χ2n) is 5.18. The number of phenols is 1. The zero-order chi connectivity index (χ0) is 20.0. The van der Waals surface area contributed by atoms with Crippen LogP contribution in [0.2, 0.25) is 0 Å². The van der Waals surface area contributed by atoms with Gasteiger partial charge in [-0.1, -0.05) is 17.7 Å². The molecule has 0 amide bonds. The van der Waals surface area contributed by atoms with E-state index in [0.29, 0.717) is 0 Å². The third-order valence-corrected chi connectivity index (χ3v) is 4.30. The predicted octanol–water partition coefficient (Wildman–Crippen LogP) is 1.17. The van der Waals surface area contributed by atoms with Crippen LogP contribution >= 0.6 is 0 Å². The molecule has 2 aromatic carbocycles. The van der Waals surface area contributed by atoms with Crippen LogP contribution in [0.25, 0.3) is 0 Å². The predicted molar refractivity (Wildman–Crippen MR) is 96.6 cm³/mol. The van der Waals surface area contributed by atoms with Crippen LogP contribution in [0.4, 0.5) is 5.69 Å². The number of aryl methyl sites for hydroxylation is 1. The van der Waals surface area contributed by atoms with Gasteiger partial charge in [-0.3, -0.25) is 10.1 Å². The number of hydroxylamine groups is 1. The largest absolute Gasteiger partial charge is 0.507 e. The highest BCUT2D eigenvalue weighted by Crippen LogP contribution is 2.21. The zero-order valence-electron chi connectivity index (χ0n) is 13.9. The van der Waals surface area contributed by atoms with Crippen molar-refractivity contribution in [1.82, 2.24) is 5.48 Å². The fourth-order valence-corrected chi connectivity index (χ4v) is 2.54. The summed E-state index contributed by atoms with van der Waals surface area (Å²) in [5.41, 5.74) is 8.00. The number of nitrogens with two attached hydrogens (primary N) is 1. The van der Waals surface area contributed by atoms with Crippen molar-refractivity contribution in [3.05, 3.63) is 63.7 Å². The molecule has 0 atom stereocenters. The lowest BCUT2D eigenvalue weighted by Crippen LogP contribution is -2.33. The zero-order valence-corrected chi connectivity index (χ0v) is 14.8. The van der Waals surface area contributed by atoms with Crippen LogP contribution in [0.3, 0.4) is 0 Å². The van der Waals surface area contributed by atoms with Crippen LogP contribution in [0.1, 0.15) is 11.1 Å². The number of hydrogen-bond donors (Lipinski definition) is 3. The van der Waals surface area contributed by atoms with Gasteiger partial charge in [-0.2, -0.15) is 13.5 Å². The third kappa shape index (κ3) is 5.49. The van der Waals surface area contributed by atoms with Gasteiger partial charge in [0, 0.05) is 17.7 Å². The number of nitrogens with one attached hydrogen (secondary N) is 1. The molecule has 0 saturated heterocycles. The van der Waals surface area contributed by atoms with E-state index < -0.39 is 21.0 Å². The Morgan fingerprint density at radius 1 is 1.30 bits per heavy atom. The molecule has 0 aliphatic heterocycles. The van der Waals surface area contributed by atoms with Crippen LogP contribution in [0, 0.1) is 17.0 Å². The fourth-order valence-electron chi connectivity index (χ4n) is 1.78. The van der Waals surface area contributed by atoms with Gasteiger partial charge in [0.15, 0.2) is 0 Å². The monoisotopic (exact) mass is 393 g/mol. The molecule has 0 spiro atoms. The molecule has 12 heteroatoms. The van der Waals surface area contributed by atoms with Crippen molar-refractivity contribution in [2.45, 2.75) is 11.8 Å². The average Bonchev–Trinajstić information content (AvgIpc) is 2.62. The molecule has 0 radical (unpaired) electrons. The molecule has 4 N–H and O–H groups in total.